The highest BCUT2D eigenvalue weighted by Gasteiger charge is 2.29. The van der Waals surface area contributed by atoms with Crippen molar-refractivity contribution in [3.63, 3.8) is 0 Å². The van der Waals surface area contributed by atoms with Crippen LogP contribution in [0.2, 0.25) is 0 Å². The number of carbonyl (C=O) groups is 3. The number of hydrogen-bond donors (Lipinski definition) is 1. The van der Waals surface area contributed by atoms with Crippen LogP contribution in [-0.2, 0) is 11.2 Å². The second-order valence-electron chi connectivity index (χ2n) is 8.64. The summed E-state index contributed by atoms with van der Waals surface area (Å²) < 4.78 is 16.0. The van der Waals surface area contributed by atoms with E-state index >= 15 is 0 Å². The molecule has 0 spiro atoms. The molecule has 5 rings (SSSR count). The largest absolute Gasteiger partial charge is 0.465 e. The maximum absolute atomic E-state index is 13.0. The molecule has 186 valence electrons. The highest BCUT2D eigenvalue weighted by molar-refractivity contribution is 6.09. The molecule has 8 nitrogen and oxygen atoms in total. The summed E-state index contributed by atoms with van der Waals surface area (Å²) in [4.78, 5) is 37.5. The van der Waals surface area contributed by atoms with Crippen molar-refractivity contribution in [2.24, 2.45) is 5.10 Å². The minimum absolute atomic E-state index is 0.0806. The number of nitrogens with one attached hydrogen (secondary N) is 1. The molecular weight excluding hydrogens is 472 g/mol. The molecule has 1 amide bonds. The van der Waals surface area contributed by atoms with Gasteiger partial charge in [-0.3, -0.25) is 4.79 Å². The van der Waals surface area contributed by atoms with E-state index in [4.69, 9.17) is 9.15 Å². The molecule has 1 aromatic heterocycles. The lowest BCUT2D eigenvalue weighted by Crippen LogP contribution is -2.22. The first-order valence-corrected chi connectivity index (χ1v) is 11.8. The summed E-state index contributed by atoms with van der Waals surface area (Å²) in [5.41, 5.74) is 5.53. The van der Waals surface area contributed by atoms with E-state index in [1.807, 2.05) is 36.4 Å². The number of esters is 2. The van der Waals surface area contributed by atoms with Crippen molar-refractivity contribution in [1.29, 1.82) is 0 Å². The molecular formula is C29H24N2O6. The number of hydrazone groups is 1. The summed E-state index contributed by atoms with van der Waals surface area (Å²) >= 11 is 0. The molecule has 1 heterocycles. The third kappa shape index (κ3) is 4.73. The number of benzene rings is 3. The summed E-state index contributed by atoms with van der Waals surface area (Å²) in [6.07, 6.45) is 2.05. The number of rotatable bonds is 5. The first-order valence-electron chi connectivity index (χ1n) is 11.8. The Hall–Kier alpha value is -4.72. The molecule has 0 aliphatic heterocycles. The Morgan fingerprint density at radius 2 is 1.68 bits per heavy atom. The number of carbonyl (C=O) groups excluding carboxylic acids is 3. The third-order valence-electron chi connectivity index (χ3n) is 6.32. The molecule has 4 aromatic rings. The Morgan fingerprint density at radius 3 is 2.46 bits per heavy atom. The van der Waals surface area contributed by atoms with Gasteiger partial charge in [0.1, 0.15) is 11.5 Å². The lowest BCUT2D eigenvalue weighted by Gasteiger charge is -2.13. The van der Waals surface area contributed by atoms with Gasteiger partial charge in [0.05, 0.1) is 18.4 Å². The number of nitrogens with zero attached hydrogens (tertiary/aromatic N) is 1. The fourth-order valence-corrected chi connectivity index (χ4v) is 4.51. The summed E-state index contributed by atoms with van der Waals surface area (Å²) in [6.45, 7) is 1.77. The quantitative estimate of drug-likeness (QED) is 0.231. The Kier molecular flexibility index (Phi) is 6.55. The van der Waals surface area contributed by atoms with Gasteiger partial charge >= 0.3 is 11.9 Å². The van der Waals surface area contributed by atoms with E-state index in [0.29, 0.717) is 41.0 Å². The summed E-state index contributed by atoms with van der Waals surface area (Å²) in [5.74, 6) is -0.467. The first-order chi connectivity index (χ1) is 18.0. The first kappa shape index (κ1) is 24.0. The summed E-state index contributed by atoms with van der Waals surface area (Å²) in [5, 5.41) is 6.23. The highest BCUT2D eigenvalue weighted by Crippen LogP contribution is 2.31. The van der Waals surface area contributed by atoms with Crippen molar-refractivity contribution >= 4 is 34.3 Å². The standard InChI is InChI=1S/C29H24N2O6/c1-17-25-23(30-31-27(32)22-10-5-8-18-7-3-4-9-21(18)22)11-6-12-24(25)37-26(17)29(34)36-20-15-13-19(14-16-20)28(33)35-2/h3-5,7-10,13-16H,6,11-12H2,1-2H3,(H,31,32)/b30-23+. The van der Waals surface area contributed by atoms with Crippen molar-refractivity contribution in [2.75, 3.05) is 7.11 Å². The van der Waals surface area contributed by atoms with Gasteiger partial charge in [-0.1, -0.05) is 36.4 Å². The Labute approximate surface area is 212 Å². The minimum atomic E-state index is -0.656. The fourth-order valence-electron chi connectivity index (χ4n) is 4.51. The fraction of sp³-hybridized carbons (Fsp3) is 0.172. The van der Waals surface area contributed by atoms with Crippen LogP contribution >= 0.6 is 0 Å². The van der Waals surface area contributed by atoms with Gasteiger partial charge in [-0.2, -0.15) is 5.10 Å². The monoisotopic (exact) mass is 496 g/mol. The zero-order valence-electron chi connectivity index (χ0n) is 20.4. The van der Waals surface area contributed by atoms with E-state index in [2.05, 4.69) is 15.3 Å². The van der Waals surface area contributed by atoms with Crippen molar-refractivity contribution in [1.82, 2.24) is 5.43 Å². The molecule has 0 fully saturated rings. The van der Waals surface area contributed by atoms with Gasteiger partial charge in [-0.05, 0) is 60.9 Å². The van der Waals surface area contributed by atoms with Crippen LogP contribution in [0.1, 0.15) is 61.0 Å². The Bertz CT molecular complexity index is 1540. The Balaban J connectivity index is 1.36. The summed E-state index contributed by atoms with van der Waals surface area (Å²) in [6, 6.07) is 19.3. The van der Waals surface area contributed by atoms with Crippen LogP contribution < -0.4 is 10.2 Å². The van der Waals surface area contributed by atoms with E-state index in [9.17, 15) is 14.4 Å². The third-order valence-corrected chi connectivity index (χ3v) is 6.32. The number of methoxy groups -OCH3 is 1. The molecule has 0 bridgehead atoms. The molecule has 1 aliphatic carbocycles. The van der Waals surface area contributed by atoms with Crippen LogP contribution in [0.25, 0.3) is 10.8 Å². The van der Waals surface area contributed by atoms with Crippen LogP contribution in [0.3, 0.4) is 0 Å². The molecule has 8 heteroatoms. The van der Waals surface area contributed by atoms with Gasteiger partial charge in [0.2, 0.25) is 5.76 Å². The lowest BCUT2D eigenvalue weighted by molar-refractivity contribution is 0.0600. The van der Waals surface area contributed by atoms with Crippen LogP contribution in [0.4, 0.5) is 0 Å². The SMILES string of the molecule is COC(=O)c1ccc(OC(=O)c2oc3c(c2C)/C(=N/NC(=O)c2cccc4ccccc24)CCC3)cc1. The number of hydrogen-bond acceptors (Lipinski definition) is 7. The van der Waals surface area contributed by atoms with Crippen molar-refractivity contribution in [2.45, 2.75) is 26.2 Å². The van der Waals surface area contributed by atoms with E-state index in [0.717, 1.165) is 22.8 Å². The predicted octanol–water partition coefficient (Wildman–Crippen LogP) is 5.22. The maximum atomic E-state index is 13.0. The van der Waals surface area contributed by atoms with Crippen LogP contribution in [-0.4, -0.2) is 30.7 Å². The number of ether oxygens (including phenoxy) is 2. The van der Waals surface area contributed by atoms with Gasteiger partial charge in [0.25, 0.3) is 5.91 Å². The summed E-state index contributed by atoms with van der Waals surface area (Å²) in [7, 11) is 1.30. The number of furan rings is 1. The van der Waals surface area contributed by atoms with E-state index < -0.39 is 11.9 Å². The molecule has 0 unspecified atom stereocenters. The van der Waals surface area contributed by atoms with Gasteiger partial charge in [-0.25, -0.2) is 15.0 Å². The second-order valence-corrected chi connectivity index (χ2v) is 8.64. The number of amides is 1. The van der Waals surface area contributed by atoms with Crippen LogP contribution in [0.5, 0.6) is 5.75 Å². The molecule has 0 radical (unpaired) electrons. The topological polar surface area (TPSA) is 107 Å². The highest BCUT2D eigenvalue weighted by atomic mass is 16.5. The van der Waals surface area contributed by atoms with Gasteiger partial charge in [0.15, 0.2) is 0 Å². The smallest absolute Gasteiger partial charge is 0.379 e. The Morgan fingerprint density at radius 1 is 0.919 bits per heavy atom. The van der Waals surface area contributed by atoms with E-state index in [-0.39, 0.29) is 17.4 Å². The zero-order valence-corrected chi connectivity index (χ0v) is 20.4. The maximum Gasteiger partial charge on any atom is 0.379 e. The average Bonchev–Trinajstić information content (AvgIpc) is 3.28. The van der Waals surface area contributed by atoms with E-state index in [1.54, 1.807) is 13.0 Å². The van der Waals surface area contributed by atoms with Crippen molar-refractivity contribution < 1.29 is 28.3 Å². The van der Waals surface area contributed by atoms with Crippen LogP contribution in [0, 0.1) is 6.92 Å². The average molecular weight is 497 g/mol. The second kappa shape index (κ2) is 10.1. The van der Waals surface area contributed by atoms with Gasteiger partial charge in [0, 0.05) is 23.1 Å². The predicted molar refractivity (Wildman–Crippen MR) is 137 cm³/mol. The lowest BCUT2D eigenvalue weighted by atomic mass is 9.93. The molecule has 1 N–H and O–H groups in total. The van der Waals surface area contributed by atoms with Crippen LogP contribution in [0.15, 0.2) is 76.2 Å². The molecule has 0 saturated carbocycles. The minimum Gasteiger partial charge on any atom is -0.465 e. The van der Waals surface area contributed by atoms with Gasteiger partial charge in [-0.15, -0.1) is 0 Å². The van der Waals surface area contributed by atoms with Crippen molar-refractivity contribution in [3.8, 4) is 5.75 Å². The molecule has 37 heavy (non-hydrogen) atoms. The van der Waals surface area contributed by atoms with E-state index in [1.165, 1.54) is 31.4 Å². The molecule has 1 aliphatic rings. The zero-order chi connectivity index (χ0) is 25.9. The molecule has 0 atom stereocenters. The number of aryl methyl sites for hydroxylation is 1. The molecule has 0 saturated heterocycles. The normalized spacial score (nSPS) is 13.7. The van der Waals surface area contributed by atoms with Gasteiger partial charge < -0.3 is 13.9 Å². The molecule has 3 aromatic carbocycles. The number of fused-ring (bicyclic) bond motifs is 2. The van der Waals surface area contributed by atoms with Crippen molar-refractivity contribution in [3.05, 3.63) is 101 Å².